The molecule has 0 atom stereocenters. The Morgan fingerprint density at radius 2 is 1.94 bits per heavy atom. The summed E-state index contributed by atoms with van der Waals surface area (Å²) in [4.78, 5) is 15.2. The van der Waals surface area contributed by atoms with Crippen LogP contribution in [0.5, 0.6) is 0 Å². The molecule has 0 unspecified atom stereocenters. The van der Waals surface area contributed by atoms with Gasteiger partial charge in [-0.25, -0.2) is 4.68 Å². The number of rotatable bonds is 2. The zero-order chi connectivity index (χ0) is 12.4. The number of nitrogens with two attached hydrogens (primary N) is 1. The number of hydrogen-bond acceptors (Lipinski definition) is 5. The van der Waals surface area contributed by atoms with E-state index in [1.807, 2.05) is 31.2 Å². The van der Waals surface area contributed by atoms with Crippen LogP contribution in [0.25, 0.3) is 0 Å². The van der Waals surface area contributed by atoms with Crippen molar-refractivity contribution in [3.8, 4) is 0 Å². The molecule has 0 fully saturated rings. The molecule has 0 saturated carbocycles. The van der Waals surface area contributed by atoms with E-state index in [1.165, 1.54) is 7.05 Å². The Kier molecular flexibility index (Phi) is 2.78. The normalized spacial score (nSPS) is 10.2. The van der Waals surface area contributed by atoms with Crippen molar-refractivity contribution in [3.05, 3.63) is 40.2 Å². The van der Waals surface area contributed by atoms with Crippen molar-refractivity contribution in [1.82, 2.24) is 14.8 Å². The topological polar surface area (TPSA) is 85.8 Å². The van der Waals surface area contributed by atoms with Gasteiger partial charge in [-0.3, -0.25) is 4.79 Å². The monoisotopic (exact) mass is 231 g/mol. The molecule has 0 aliphatic carbocycles. The van der Waals surface area contributed by atoms with Crippen molar-refractivity contribution in [1.29, 1.82) is 0 Å². The van der Waals surface area contributed by atoms with Gasteiger partial charge in [-0.15, -0.1) is 5.10 Å². The average Bonchev–Trinajstić information content (AvgIpc) is 2.29. The molecule has 0 spiro atoms. The molecule has 0 aliphatic rings. The maximum Gasteiger partial charge on any atom is 0.309 e. The summed E-state index contributed by atoms with van der Waals surface area (Å²) in [5, 5.41) is 6.93. The molecular weight excluding hydrogens is 218 g/mol. The zero-order valence-corrected chi connectivity index (χ0v) is 9.64. The van der Waals surface area contributed by atoms with E-state index in [0.717, 1.165) is 15.9 Å². The number of aromatic nitrogens is 3. The van der Waals surface area contributed by atoms with Gasteiger partial charge in [0.15, 0.2) is 5.82 Å². The largest absolute Gasteiger partial charge is 0.379 e. The fourth-order valence-electron chi connectivity index (χ4n) is 1.36. The molecule has 88 valence electrons. The highest BCUT2D eigenvalue weighted by Gasteiger charge is 2.04. The van der Waals surface area contributed by atoms with E-state index in [4.69, 9.17) is 5.73 Å². The van der Waals surface area contributed by atoms with Gasteiger partial charge in [-0.2, -0.15) is 4.98 Å². The third kappa shape index (κ3) is 2.41. The van der Waals surface area contributed by atoms with Crippen molar-refractivity contribution in [3.63, 3.8) is 0 Å². The lowest BCUT2D eigenvalue weighted by Crippen LogP contribution is -2.25. The second-order valence-corrected chi connectivity index (χ2v) is 3.74. The van der Waals surface area contributed by atoms with E-state index in [0.29, 0.717) is 5.95 Å². The molecule has 17 heavy (non-hydrogen) atoms. The molecule has 6 nitrogen and oxygen atoms in total. The fraction of sp³-hybridized carbons (Fsp3) is 0.182. The maximum absolute atomic E-state index is 11.3. The minimum Gasteiger partial charge on any atom is -0.379 e. The van der Waals surface area contributed by atoms with Crippen LogP contribution in [0.4, 0.5) is 17.5 Å². The Hall–Kier alpha value is -2.37. The Balaban J connectivity index is 2.30. The highest BCUT2D eigenvalue weighted by molar-refractivity contribution is 5.54. The van der Waals surface area contributed by atoms with E-state index in [9.17, 15) is 4.79 Å². The Bertz CT molecular complexity index is 562. The van der Waals surface area contributed by atoms with Gasteiger partial charge in [-0.05, 0) is 19.1 Å². The smallest absolute Gasteiger partial charge is 0.309 e. The molecule has 1 heterocycles. The summed E-state index contributed by atoms with van der Waals surface area (Å²) in [5.41, 5.74) is 7.08. The van der Waals surface area contributed by atoms with Crippen LogP contribution in [0.1, 0.15) is 5.56 Å². The van der Waals surface area contributed by atoms with Crippen LogP contribution in [-0.2, 0) is 7.05 Å². The van der Waals surface area contributed by atoms with Gasteiger partial charge in [0.05, 0.1) is 0 Å². The average molecular weight is 231 g/mol. The first-order valence-corrected chi connectivity index (χ1v) is 5.11. The van der Waals surface area contributed by atoms with E-state index in [-0.39, 0.29) is 5.82 Å². The van der Waals surface area contributed by atoms with Gasteiger partial charge in [0, 0.05) is 12.7 Å². The minimum absolute atomic E-state index is 0.0721. The molecular formula is C11H13N5O. The van der Waals surface area contributed by atoms with Crippen LogP contribution in [-0.4, -0.2) is 14.8 Å². The van der Waals surface area contributed by atoms with Gasteiger partial charge >= 0.3 is 5.56 Å². The lowest BCUT2D eigenvalue weighted by molar-refractivity contribution is 0.700. The van der Waals surface area contributed by atoms with Crippen LogP contribution in [0.15, 0.2) is 29.1 Å². The summed E-state index contributed by atoms with van der Waals surface area (Å²) in [7, 11) is 1.53. The third-order valence-corrected chi connectivity index (χ3v) is 2.29. The van der Waals surface area contributed by atoms with Gasteiger partial charge in [0.1, 0.15) is 0 Å². The molecule has 0 bridgehead atoms. The summed E-state index contributed by atoms with van der Waals surface area (Å²) in [6.45, 7) is 2.00. The van der Waals surface area contributed by atoms with Crippen LogP contribution in [0.2, 0.25) is 0 Å². The van der Waals surface area contributed by atoms with Crippen molar-refractivity contribution in [2.45, 2.75) is 6.92 Å². The number of nitrogens with zero attached hydrogens (tertiary/aromatic N) is 3. The molecule has 3 N–H and O–H groups in total. The summed E-state index contributed by atoms with van der Waals surface area (Å²) in [5.74, 6) is 0.227. The molecule has 0 saturated heterocycles. The van der Waals surface area contributed by atoms with E-state index in [2.05, 4.69) is 15.4 Å². The number of anilines is 3. The molecule has 6 heteroatoms. The standard InChI is InChI=1S/C11H13N5O/c1-7-3-5-8(6-4-7)13-11-14-9(12)10(17)16(2)15-11/h3-6H,1-2H3,(H3,12,13,14,15). The number of nitrogen functional groups attached to an aromatic ring is 1. The summed E-state index contributed by atoms with van der Waals surface area (Å²) < 4.78 is 1.15. The SMILES string of the molecule is Cc1ccc(Nc2nc(N)c(=O)n(C)n2)cc1. The highest BCUT2D eigenvalue weighted by atomic mass is 16.1. The van der Waals surface area contributed by atoms with Crippen LogP contribution >= 0.6 is 0 Å². The number of benzene rings is 1. The van der Waals surface area contributed by atoms with E-state index in [1.54, 1.807) is 0 Å². The zero-order valence-electron chi connectivity index (χ0n) is 9.64. The van der Waals surface area contributed by atoms with Gasteiger partial charge in [0.25, 0.3) is 0 Å². The van der Waals surface area contributed by atoms with Gasteiger partial charge < -0.3 is 11.1 Å². The fourth-order valence-corrected chi connectivity index (χ4v) is 1.36. The quantitative estimate of drug-likeness (QED) is 0.798. The highest BCUT2D eigenvalue weighted by Crippen LogP contribution is 2.12. The van der Waals surface area contributed by atoms with Crippen LogP contribution in [0.3, 0.4) is 0 Å². The predicted octanol–water partition coefficient (Wildman–Crippen LogP) is 0.810. The predicted molar refractivity (Wildman–Crippen MR) is 66.1 cm³/mol. The molecule has 2 rings (SSSR count). The van der Waals surface area contributed by atoms with Crippen LogP contribution in [0, 0.1) is 6.92 Å². The molecule has 0 radical (unpaired) electrons. The second-order valence-electron chi connectivity index (χ2n) is 3.74. The maximum atomic E-state index is 11.3. The first-order chi connectivity index (χ1) is 8.06. The van der Waals surface area contributed by atoms with E-state index < -0.39 is 5.56 Å². The first kappa shape index (κ1) is 11.1. The Morgan fingerprint density at radius 3 is 2.53 bits per heavy atom. The molecule has 0 aliphatic heterocycles. The number of hydrogen-bond donors (Lipinski definition) is 2. The van der Waals surface area contributed by atoms with Gasteiger partial charge in [0.2, 0.25) is 5.95 Å². The van der Waals surface area contributed by atoms with Crippen molar-refractivity contribution in [2.24, 2.45) is 7.05 Å². The van der Waals surface area contributed by atoms with Gasteiger partial charge in [-0.1, -0.05) is 17.7 Å². The number of aryl methyl sites for hydroxylation is 2. The molecule has 2 aromatic rings. The first-order valence-electron chi connectivity index (χ1n) is 5.11. The third-order valence-electron chi connectivity index (χ3n) is 2.29. The summed E-state index contributed by atoms with van der Waals surface area (Å²) in [6, 6.07) is 7.74. The van der Waals surface area contributed by atoms with Crippen molar-refractivity contribution < 1.29 is 0 Å². The number of nitrogens with one attached hydrogen (secondary N) is 1. The lowest BCUT2D eigenvalue weighted by atomic mass is 10.2. The minimum atomic E-state index is -0.403. The molecule has 1 aromatic carbocycles. The van der Waals surface area contributed by atoms with Crippen LogP contribution < -0.4 is 16.6 Å². The second kappa shape index (κ2) is 4.25. The van der Waals surface area contributed by atoms with Crippen molar-refractivity contribution in [2.75, 3.05) is 11.1 Å². The lowest BCUT2D eigenvalue weighted by Gasteiger charge is -2.06. The van der Waals surface area contributed by atoms with Crippen molar-refractivity contribution >= 4 is 17.5 Å². The Morgan fingerprint density at radius 1 is 1.29 bits per heavy atom. The molecule has 1 aromatic heterocycles. The van der Waals surface area contributed by atoms with E-state index >= 15 is 0 Å². The Labute approximate surface area is 98.1 Å². The summed E-state index contributed by atoms with van der Waals surface area (Å²) >= 11 is 0. The summed E-state index contributed by atoms with van der Waals surface area (Å²) in [6.07, 6.45) is 0. The molecule has 0 amide bonds.